The number of hydrogen-bond acceptors (Lipinski definition) is 7. The van der Waals surface area contributed by atoms with E-state index in [2.05, 4.69) is 9.71 Å². The Hall–Kier alpha value is -3.23. The van der Waals surface area contributed by atoms with E-state index in [1.165, 1.54) is 35.4 Å². The SMILES string of the molecule is N#Cc1cc(CF)ccc1N1CCOc2cc(S(=O)(=O)Nc3nccs3)cc(F)c21. The lowest BCUT2D eigenvalue weighted by molar-refractivity contribution is 0.310. The number of thiazole rings is 1. The van der Waals surface area contributed by atoms with Crippen molar-refractivity contribution in [1.29, 1.82) is 5.26 Å². The van der Waals surface area contributed by atoms with Gasteiger partial charge in [0.05, 0.1) is 22.7 Å². The molecular weight excluding hydrogens is 434 g/mol. The van der Waals surface area contributed by atoms with Crippen molar-refractivity contribution in [3.05, 3.63) is 58.9 Å². The van der Waals surface area contributed by atoms with Crippen molar-refractivity contribution in [3.63, 3.8) is 0 Å². The normalized spacial score (nSPS) is 13.3. The Labute approximate surface area is 175 Å². The third kappa shape index (κ3) is 3.67. The topological polar surface area (TPSA) is 95.3 Å². The Morgan fingerprint density at radius 3 is 2.87 bits per heavy atom. The second kappa shape index (κ2) is 7.89. The molecule has 0 bridgehead atoms. The number of nitriles is 1. The molecule has 0 saturated carbocycles. The van der Waals surface area contributed by atoms with Gasteiger partial charge in [-0.3, -0.25) is 4.72 Å². The lowest BCUT2D eigenvalue weighted by atomic mass is 10.1. The van der Waals surface area contributed by atoms with Crippen LogP contribution in [0.4, 0.5) is 25.3 Å². The van der Waals surface area contributed by atoms with Crippen LogP contribution in [0.5, 0.6) is 5.75 Å². The molecule has 0 aliphatic carbocycles. The number of alkyl halides is 1. The maximum Gasteiger partial charge on any atom is 0.263 e. The Morgan fingerprint density at radius 1 is 1.33 bits per heavy atom. The predicted molar refractivity (Wildman–Crippen MR) is 108 cm³/mol. The zero-order valence-electron chi connectivity index (χ0n) is 15.3. The van der Waals surface area contributed by atoms with Crippen LogP contribution in [-0.4, -0.2) is 26.6 Å². The molecule has 1 aromatic heterocycles. The van der Waals surface area contributed by atoms with Gasteiger partial charge in [0.15, 0.2) is 10.9 Å². The average molecular weight is 448 g/mol. The van der Waals surface area contributed by atoms with Gasteiger partial charge in [0.1, 0.15) is 30.8 Å². The molecule has 1 N–H and O–H groups in total. The van der Waals surface area contributed by atoms with E-state index in [4.69, 9.17) is 4.74 Å². The van der Waals surface area contributed by atoms with E-state index in [0.717, 1.165) is 17.4 Å². The summed E-state index contributed by atoms with van der Waals surface area (Å²) in [6, 6.07) is 8.56. The molecule has 11 heteroatoms. The largest absolute Gasteiger partial charge is 0.489 e. The fourth-order valence-corrected chi connectivity index (χ4v) is 4.93. The molecule has 7 nitrogen and oxygen atoms in total. The van der Waals surface area contributed by atoms with Crippen molar-refractivity contribution in [2.75, 3.05) is 22.8 Å². The fourth-order valence-electron chi connectivity index (χ4n) is 3.12. The van der Waals surface area contributed by atoms with Crippen LogP contribution in [0.2, 0.25) is 0 Å². The number of nitrogens with one attached hydrogen (secondary N) is 1. The zero-order chi connectivity index (χ0) is 21.3. The van der Waals surface area contributed by atoms with Gasteiger partial charge in [0.2, 0.25) is 0 Å². The number of rotatable bonds is 5. The first-order chi connectivity index (χ1) is 14.4. The molecule has 1 aliphatic rings. The molecule has 1 aliphatic heterocycles. The standard InChI is InChI=1S/C19H14F2N4O3S2/c20-10-12-1-2-16(13(7-12)11-22)25-4-5-28-17-9-14(8-15(21)18(17)25)30(26,27)24-19-23-3-6-29-19/h1-3,6-9H,4-5,10H2,(H,23,24). The maximum atomic E-state index is 15.1. The Bertz CT molecular complexity index is 1240. The number of benzene rings is 2. The van der Waals surface area contributed by atoms with Gasteiger partial charge in [0.25, 0.3) is 10.0 Å². The molecule has 3 aromatic rings. The van der Waals surface area contributed by atoms with Gasteiger partial charge in [0, 0.05) is 17.6 Å². The minimum atomic E-state index is -4.08. The minimum absolute atomic E-state index is 0.0129. The Kier molecular flexibility index (Phi) is 5.27. The minimum Gasteiger partial charge on any atom is -0.489 e. The average Bonchev–Trinajstić information content (AvgIpc) is 3.25. The lowest BCUT2D eigenvalue weighted by Crippen LogP contribution is -2.30. The van der Waals surface area contributed by atoms with Gasteiger partial charge < -0.3 is 9.64 Å². The number of ether oxygens (including phenoxy) is 1. The van der Waals surface area contributed by atoms with Crippen LogP contribution in [0.25, 0.3) is 0 Å². The number of anilines is 3. The van der Waals surface area contributed by atoms with E-state index < -0.39 is 22.5 Å². The maximum absolute atomic E-state index is 15.1. The highest BCUT2D eigenvalue weighted by molar-refractivity contribution is 7.93. The zero-order valence-corrected chi connectivity index (χ0v) is 16.9. The first kappa shape index (κ1) is 20.1. The molecule has 4 rings (SSSR count). The predicted octanol–water partition coefficient (Wildman–Crippen LogP) is 3.95. The van der Waals surface area contributed by atoms with Crippen molar-refractivity contribution in [3.8, 4) is 11.8 Å². The first-order valence-electron chi connectivity index (χ1n) is 8.68. The van der Waals surface area contributed by atoms with Crippen LogP contribution in [-0.2, 0) is 16.7 Å². The summed E-state index contributed by atoms with van der Waals surface area (Å²) in [5.41, 5.74) is 0.909. The highest BCUT2D eigenvalue weighted by Crippen LogP contribution is 2.41. The van der Waals surface area contributed by atoms with Gasteiger partial charge in [-0.1, -0.05) is 6.07 Å². The number of aromatic nitrogens is 1. The van der Waals surface area contributed by atoms with E-state index in [1.54, 1.807) is 5.38 Å². The molecule has 0 saturated heterocycles. The summed E-state index contributed by atoms with van der Waals surface area (Å²) in [5.74, 6) is -0.801. The third-order valence-electron chi connectivity index (χ3n) is 4.44. The monoisotopic (exact) mass is 448 g/mol. The quantitative estimate of drug-likeness (QED) is 0.635. The summed E-state index contributed by atoms with van der Waals surface area (Å²) >= 11 is 1.09. The van der Waals surface area contributed by atoms with Crippen molar-refractivity contribution in [2.24, 2.45) is 0 Å². The van der Waals surface area contributed by atoms with Crippen LogP contribution in [0, 0.1) is 17.1 Å². The molecule has 0 amide bonds. The molecule has 2 aromatic carbocycles. The van der Waals surface area contributed by atoms with E-state index in [-0.39, 0.29) is 40.2 Å². The van der Waals surface area contributed by atoms with Crippen LogP contribution >= 0.6 is 11.3 Å². The van der Waals surface area contributed by atoms with E-state index in [0.29, 0.717) is 11.3 Å². The second-order valence-corrected chi connectivity index (χ2v) is 8.87. The molecule has 0 unspecified atom stereocenters. The van der Waals surface area contributed by atoms with Crippen LogP contribution < -0.4 is 14.4 Å². The number of fused-ring (bicyclic) bond motifs is 1. The summed E-state index contributed by atoms with van der Waals surface area (Å²) in [4.78, 5) is 5.07. The van der Waals surface area contributed by atoms with Crippen LogP contribution in [0.15, 0.2) is 46.8 Å². The van der Waals surface area contributed by atoms with Crippen LogP contribution in [0.3, 0.4) is 0 Å². The number of sulfonamides is 1. The summed E-state index contributed by atoms with van der Waals surface area (Å²) in [5, 5.41) is 11.2. The molecule has 0 atom stereocenters. The molecular formula is C19H14F2N4O3S2. The number of nitrogens with zero attached hydrogens (tertiary/aromatic N) is 3. The fraction of sp³-hybridized carbons (Fsp3) is 0.158. The molecule has 154 valence electrons. The van der Waals surface area contributed by atoms with Crippen molar-refractivity contribution < 1.29 is 21.9 Å². The lowest BCUT2D eigenvalue weighted by Gasteiger charge is -2.32. The molecule has 0 radical (unpaired) electrons. The van der Waals surface area contributed by atoms with Gasteiger partial charge in [-0.25, -0.2) is 22.2 Å². The van der Waals surface area contributed by atoms with E-state index >= 15 is 4.39 Å². The third-order valence-corrected chi connectivity index (χ3v) is 6.57. The Morgan fingerprint density at radius 2 is 2.17 bits per heavy atom. The molecule has 0 fully saturated rings. The summed E-state index contributed by atoms with van der Waals surface area (Å²) in [6.45, 7) is -0.348. The Balaban J connectivity index is 1.76. The smallest absolute Gasteiger partial charge is 0.263 e. The molecule has 2 heterocycles. The van der Waals surface area contributed by atoms with Gasteiger partial charge in [-0.15, -0.1) is 11.3 Å². The number of halogens is 2. The van der Waals surface area contributed by atoms with E-state index in [1.807, 2.05) is 6.07 Å². The first-order valence-corrected chi connectivity index (χ1v) is 11.0. The summed E-state index contributed by atoms with van der Waals surface area (Å²) in [6.07, 6.45) is 1.44. The van der Waals surface area contributed by atoms with Gasteiger partial charge >= 0.3 is 0 Å². The van der Waals surface area contributed by atoms with Gasteiger partial charge in [-0.2, -0.15) is 5.26 Å². The second-order valence-electron chi connectivity index (χ2n) is 6.29. The van der Waals surface area contributed by atoms with Crippen LogP contribution in [0.1, 0.15) is 11.1 Å². The molecule has 30 heavy (non-hydrogen) atoms. The van der Waals surface area contributed by atoms with Gasteiger partial charge in [-0.05, 0) is 23.8 Å². The summed E-state index contributed by atoms with van der Waals surface area (Å²) in [7, 11) is -4.08. The highest BCUT2D eigenvalue weighted by atomic mass is 32.2. The number of hydrogen-bond donors (Lipinski definition) is 1. The summed E-state index contributed by atoms with van der Waals surface area (Å²) < 4.78 is 61.0. The molecule has 0 spiro atoms. The van der Waals surface area contributed by atoms with Crippen molar-refractivity contribution in [1.82, 2.24) is 4.98 Å². The van der Waals surface area contributed by atoms with Crippen molar-refractivity contribution in [2.45, 2.75) is 11.6 Å². The highest BCUT2D eigenvalue weighted by Gasteiger charge is 2.29. The van der Waals surface area contributed by atoms with Crippen molar-refractivity contribution >= 4 is 37.9 Å². The van der Waals surface area contributed by atoms with E-state index in [9.17, 15) is 18.1 Å².